The monoisotopic (exact) mass is 414 g/mol. The fourth-order valence-electron chi connectivity index (χ4n) is 2.72. The summed E-state index contributed by atoms with van der Waals surface area (Å²) in [6.07, 6.45) is 1.42. The van der Waals surface area contributed by atoms with Gasteiger partial charge in [-0.2, -0.15) is 9.78 Å². The molecule has 0 spiro atoms. The van der Waals surface area contributed by atoms with Crippen LogP contribution in [0, 0.1) is 6.92 Å². The second kappa shape index (κ2) is 7.10. The minimum atomic E-state index is -0.735. The van der Waals surface area contributed by atoms with Gasteiger partial charge in [0.25, 0.3) is 5.91 Å². The van der Waals surface area contributed by atoms with E-state index in [2.05, 4.69) is 15.4 Å². The van der Waals surface area contributed by atoms with Gasteiger partial charge in [0.1, 0.15) is 17.0 Å². The van der Waals surface area contributed by atoms with Gasteiger partial charge in [-0.05, 0) is 25.1 Å². The Morgan fingerprint density at radius 2 is 1.96 bits per heavy atom. The summed E-state index contributed by atoms with van der Waals surface area (Å²) in [7, 11) is 0. The molecular weight excluding hydrogens is 403 g/mol. The number of rotatable bonds is 3. The molecule has 1 aromatic carbocycles. The summed E-state index contributed by atoms with van der Waals surface area (Å²) in [5, 5.41) is 8.24. The lowest BCUT2D eigenvalue weighted by atomic mass is 10.2. The molecule has 0 aliphatic carbocycles. The molecule has 0 radical (unpaired) electrons. The van der Waals surface area contributed by atoms with E-state index in [1.54, 1.807) is 37.3 Å². The number of carbonyl (C=O) groups excluding carboxylic acids is 1. The van der Waals surface area contributed by atoms with Crippen molar-refractivity contribution in [2.45, 2.75) is 6.92 Å². The molecule has 0 atom stereocenters. The average molecular weight is 415 g/mol. The third-order valence-corrected chi connectivity index (χ3v) is 4.43. The highest BCUT2D eigenvalue weighted by molar-refractivity contribution is 6.35. The third-order valence-electron chi connectivity index (χ3n) is 3.95. The third kappa shape index (κ3) is 3.37. The Kier molecular flexibility index (Phi) is 4.62. The van der Waals surface area contributed by atoms with Crippen molar-refractivity contribution in [1.29, 1.82) is 0 Å². The molecule has 0 saturated heterocycles. The highest BCUT2D eigenvalue weighted by atomic mass is 35.5. The number of fused-ring (bicyclic) bond motifs is 1. The van der Waals surface area contributed by atoms with E-state index in [0.717, 1.165) is 0 Å². The number of amides is 1. The van der Waals surface area contributed by atoms with Gasteiger partial charge in [-0.25, -0.2) is 9.78 Å². The zero-order valence-corrected chi connectivity index (χ0v) is 16.0. The number of nitrogens with one attached hydrogen (secondary N) is 1. The minimum Gasteiger partial charge on any atom is -0.422 e. The molecule has 0 aliphatic heterocycles. The molecule has 0 saturated carbocycles. The first-order valence-corrected chi connectivity index (χ1v) is 8.90. The topological polar surface area (TPSA) is 90.0 Å². The first kappa shape index (κ1) is 18.2. The number of aryl methyl sites for hydroxylation is 1. The van der Waals surface area contributed by atoms with Crippen LogP contribution < -0.4 is 10.9 Å². The number of hydrogen-bond donors (Lipinski definition) is 1. The summed E-state index contributed by atoms with van der Waals surface area (Å²) < 4.78 is 6.59. The molecule has 0 unspecified atom stereocenters. The SMILES string of the molecule is Cc1cc(NC(=O)c2cc3ccccc3oc2=O)n(-c2ncc(Cl)cc2Cl)n1. The molecule has 0 fully saturated rings. The van der Waals surface area contributed by atoms with Crippen molar-refractivity contribution in [2.24, 2.45) is 0 Å². The number of benzene rings is 1. The van der Waals surface area contributed by atoms with Crippen molar-refractivity contribution < 1.29 is 9.21 Å². The number of nitrogens with zero attached hydrogens (tertiary/aromatic N) is 3. The zero-order chi connectivity index (χ0) is 19.8. The lowest BCUT2D eigenvalue weighted by Crippen LogP contribution is -2.22. The van der Waals surface area contributed by atoms with Gasteiger partial charge in [-0.3, -0.25) is 4.79 Å². The van der Waals surface area contributed by atoms with Crippen LogP contribution >= 0.6 is 23.2 Å². The van der Waals surface area contributed by atoms with Gasteiger partial charge in [-0.15, -0.1) is 0 Å². The molecule has 140 valence electrons. The van der Waals surface area contributed by atoms with E-state index in [-0.39, 0.29) is 10.6 Å². The fraction of sp³-hybridized carbons (Fsp3) is 0.0526. The molecule has 28 heavy (non-hydrogen) atoms. The van der Waals surface area contributed by atoms with Crippen LogP contribution in [0.3, 0.4) is 0 Å². The molecule has 3 heterocycles. The van der Waals surface area contributed by atoms with Gasteiger partial charge in [0, 0.05) is 17.6 Å². The number of para-hydroxylation sites is 1. The Labute approximate surface area is 168 Å². The van der Waals surface area contributed by atoms with Crippen LogP contribution in [0.25, 0.3) is 16.8 Å². The number of carbonyl (C=O) groups is 1. The smallest absolute Gasteiger partial charge is 0.349 e. The van der Waals surface area contributed by atoms with Gasteiger partial charge in [0.15, 0.2) is 5.82 Å². The van der Waals surface area contributed by atoms with E-state index in [4.69, 9.17) is 27.6 Å². The first-order valence-electron chi connectivity index (χ1n) is 8.15. The lowest BCUT2D eigenvalue weighted by molar-refractivity contribution is 0.102. The maximum absolute atomic E-state index is 12.7. The summed E-state index contributed by atoms with van der Waals surface area (Å²) in [4.78, 5) is 29.1. The lowest BCUT2D eigenvalue weighted by Gasteiger charge is -2.09. The van der Waals surface area contributed by atoms with Gasteiger partial charge in [-0.1, -0.05) is 41.4 Å². The fourth-order valence-corrected chi connectivity index (χ4v) is 3.18. The Balaban J connectivity index is 1.73. The summed E-state index contributed by atoms with van der Waals surface area (Å²) in [6, 6.07) is 11.6. The van der Waals surface area contributed by atoms with Crippen LogP contribution in [0.4, 0.5) is 5.82 Å². The Bertz CT molecular complexity index is 1280. The number of hydrogen-bond acceptors (Lipinski definition) is 5. The zero-order valence-electron chi connectivity index (χ0n) is 14.4. The van der Waals surface area contributed by atoms with Crippen molar-refractivity contribution in [1.82, 2.24) is 14.8 Å². The van der Waals surface area contributed by atoms with E-state index in [1.165, 1.54) is 23.0 Å². The average Bonchev–Trinajstić information content (AvgIpc) is 3.01. The predicted octanol–water partition coefficient (Wildman–Crippen LogP) is 4.24. The summed E-state index contributed by atoms with van der Waals surface area (Å²) in [5.41, 5.74) is 0.164. The molecule has 1 amide bonds. The molecule has 0 aliphatic rings. The number of aromatic nitrogens is 3. The molecule has 3 aromatic heterocycles. The van der Waals surface area contributed by atoms with Crippen LogP contribution in [-0.4, -0.2) is 20.7 Å². The standard InChI is InChI=1S/C19H12Cl2N4O3/c1-10-6-16(25(24-10)17-14(21)8-12(20)9-22-17)23-18(26)13-7-11-4-2-3-5-15(11)28-19(13)27/h2-9H,1H3,(H,23,26). The summed E-state index contributed by atoms with van der Waals surface area (Å²) in [5.74, 6) is -0.0440. The van der Waals surface area contributed by atoms with E-state index in [0.29, 0.717) is 33.3 Å². The highest BCUT2D eigenvalue weighted by Crippen LogP contribution is 2.25. The van der Waals surface area contributed by atoms with Crippen molar-refractivity contribution >= 4 is 45.9 Å². The second-order valence-corrected chi connectivity index (χ2v) is 6.82. The number of anilines is 1. The second-order valence-electron chi connectivity index (χ2n) is 5.98. The summed E-state index contributed by atoms with van der Waals surface area (Å²) in [6.45, 7) is 1.75. The van der Waals surface area contributed by atoms with E-state index in [1.807, 2.05) is 0 Å². The predicted molar refractivity (Wildman–Crippen MR) is 107 cm³/mol. The van der Waals surface area contributed by atoms with Crippen LogP contribution in [0.1, 0.15) is 16.1 Å². The normalized spacial score (nSPS) is 11.0. The van der Waals surface area contributed by atoms with Crippen LogP contribution in [0.5, 0.6) is 0 Å². The molecule has 7 nitrogen and oxygen atoms in total. The van der Waals surface area contributed by atoms with Gasteiger partial charge in [0.05, 0.1) is 15.7 Å². The van der Waals surface area contributed by atoms with Crippen molar-refractivity contribution in [3.05, 3.63) is 80.4 Å². The molecule has 0 bridgehead atoms. The van der Waals surface area contributed by atoms with Crippen molar-refractivity contribution in [2.75, 3.05) is 5.32 Å². The first-order chi connectivity index (χ1) is 13.4. The van der Waals surface area contributed by atoms with Crippen molar-refractivity contribution in [3.8, 4) is 5.82 Å². The van der Waals surface area contributed by atoms with Gasteiger partial charge in [0.2, 0.25) is 0 Å². The minimum absolute atomic E-state index is 0.126. The molecule has 4 rings (SSSR count). The van der Waals surface area contributed by atoms with Crippen molar-refractivity contribution in [3.63, 3.8) is 0 Å². The van der Waals surface area contributed by atoms with E-state index in [9.17, 15) is 9.59 Å². The number of pyridine rings is 1. The Morgan fingerprint density at radius 3 is 2.75 bits per heavy atom. The molecule has 9 heteroatoms. The maximum Gasteiger partial charge on any atom is 0.349 e. The Morgan fingerprint density at radius 1 is 1.18 bits per heavy atom. The van der Waals surface area contributed by atoms with Crippen LogP contribution in [0.2, 0.25) is 10.0 Å². The maximum atomic E-state index is 12.7. The van der Waals surface area contributed by atoms with Gasteiger partial charge < -0.3 is 9.73 Å². The molecule has 1 N–H and O–H groups in total. The Hall–Kier alpha value is -3.16. The molecule has 4 aromatic rings. The van der Waals surface area contributed by atoms with E-state index < -0.39 is 11.5 Å². The van der Waals surface area contributed by atoms with Crippen LogP contribution in [0.15, 0.2) is 57.9 Å². The summed E-state index contributed by atoms with van der Waals surface area (Å²) >= 11 is 12.1. The largest absolute Gasteiger partial charge is 0.422 e. The van der Waals surface area contributed by atoms with Gasteiger partial charge >= 0.3 is 5.63 Å². The molecular formula is C19H12Cl2N4O3. The number of halogens is 2. The van der Waals surface area contributed by atoms with E-state index >= 15 is 0 Å². The highest BCUT2D eigenvalue weighted by Gasteiger charge is 2.18. The quantitative estimate of drug-likeness (QED) is 0.506. The van der Waals surface area contributed by atoms with Crippen LogP contribution in [-0.2, 0) is 0 Å².